The number of nitrogens with two attached hydrogens (primary N) is 1. The Morgan fingerprint density at radius 3 is 2.91 bits per heavy atom. The summed E-state index contributed by atoms with van der Waals surface area (Å²) in [5.41, 5.74) is 5.63. The molecule has 0 aromatic carbocycles. The summed E-state index contributed by atoms with van der Waals surface area (Å²) >= 11 is 7.68. The molecule has 1 atom stereocenters. The van der Waals surface area contributed by atoms with Gasteiger partial charge in [0.25, 0.3) is 0 Å². The van der Waals surface area contributed by atoms with E-state index in [1.165, 1.54) is 4.88 Å². The SMILES string of the molecule is Nc1nc(Cl)cc(NC[C@@H](c2cccs2)N2CCOCC2)n1. The van der Waals surface area contributed by atoms with Crippen molar-refractivity contribution < 1.29 is 4.74 Å². The second-order valence-corrected chi connectivity index (χ2v) is 6.36. The molecule has 1 aliphatic rings. The van der Waals surface area contributed by atoms with Gasteiger partial charge in [-0.2, -0.15) is 4.98 Å². The first-order chi connectivity index (χ1) is 10.7. The Kier molecular flexibility index (Phi) is 5.09. The van der Waals surface area contributed by atoms with Crippen molar-refractivity contribution in [2.45, 2.75) is 6.04 Å². The van der Waals surface area contributed by atoms with Crippen molar-refractivity contribution >= 4 is 34.7 Å². The monoisotopic (exact) mass is 339 g/mol. The number of morpholine rings is 1. The van der Waals surface area contributed by atoms with E-state index in [4.69, 9.17) is 22.1 Å². The molecule has 0 spiro atoms. The van der Waals surface area contributed by atoms with E-state index in [0.29, 0.717) is 11.0 Å². The number of thiophene rings is 1. The minimum absolute atomic E-state index is 0.175. The van der Waals surface area contributed by atoms with Crippen LogP contribution >= 0.6 is 22.9 Å². The topological polar surface area (TPSA) is 76.3 Å². The van der Waals surface area contributed by atoms with Crippen LogP contribution in [-0.4, -0.2) is 47.7 Å². The van der Waals surface area contributed by atoms with Gasteiger partial charge in [-0.3, -0.25) is 4.90 Å². The smallest absolute Gasteiger partial charge is 0.223 e. The van der Waals surface area contributed by atoms with Crippen molar-refractivity contribution in [3.05, 3.63) is 33.6 Å². The highest BCUT2D eigenvalue weighted by atomic mass is 35.5. The lowest BCUT2D eigenvalue weighted by atomic mass is 10.2. The van der Waals surface area contributed by atoms with E-state index in [1.54, 1.807) is 17.4 Å². The number of nitrogen functional groups attached to an aromatic ring is 1. The molecule has 3 rings (SSSR count). The first-order valence-corrected chi connectivity index (χ1v) is 8.37. The summed E-state index contributed by atoms with van der Waals surface area (Å²) < 4.78 is 5.45. The summed E-state index contributed by atoms with van der Waals surface area (Å²) in [6, 6.07) is 6.20. The van der Waals surface area contributed by atoms with Gasteiger partial charge in [-0.05, 0) is 11.4 Å². The standard InChI is InChI=1S/C14H18ClN5OS/c15-12-8-13(19-14(16)18-12)17-9-10(11-2-1-7-22-11)20-3-5-21-6-4-20/h1-2,7-8,10H,3-6,9H2,(H3,16,17,18,19)/t10-/m0/s1. The summed E-state index contributed by atoms with van der Waals surface area (Å²) in [7, 11) is 0. The van der Waals surface area contributed by atoms with Gasteiger partial charge in [0.2, 0.25) is 5.95 Å². The number of hydrogen-bond donors (Lipinski definition) is 2. The van der Waals surface area contributed by atoms with Gasteiger partial charge in [0.15, 0.2) is 0 Å². The van der Waals surface area contributed by atoms with Crippen LogP contribution in [0.2, 0.25) is 5.15 Å². The van der Waals surface area contributed by atoms with E-state index in [9.17, 15) is 0 Å². The molecule has 0 bridgehead atoms. The molecule has 1 saturated heterocycles. The van der Waals surface area contributed by atoms with Crippen molar-refractivity contribution in [1.29, 1.82) is 0 Å². The molecule has 0 unspecified atom stereocenters. The second kappa shape index (κ2) is 7.23. The molecule has 0 amide bonds. The quantitative estimate of drug-likeness (QED) is 0.814. The molecule has 2 aromatic rings. The first kappa shape index (κ1) is 15.5. The van der Waals surface area contributed by atoms with Gasteiger partial charge in [-0.25, -0.2) is 4.98 Å². The Balaban J connectivity index is 1.72. The lowest BCUT2D eigenvalue weighted by Crippen LogP contribution is -2.41. The molecular formula is C14H18ClN5OS. The highest BCUT2D eigenvalue weighted by molar-refractivity contribution is 7.10. The van der Waals surface area contributed by atoms with Crippen molar-refractivity contribution in [3.63, 3.8) is 0 Å². The van der Waals surface area contributed by atoms with E-state index in [2.05, 4.69) is 37.7 Å². The third kappa shape index (κ3) is 3.86. The zero-order valence-corrected chi connectivity index (χ0v) is 13.6. The lowest BCUT2D eigenvalue weighted by Gasteiger charge is -2.34. The van der Waals surface area contributed by atoms with Crippen LogP contribution in [-0.2, 0) is 4.74 Å². The van der Waals surface area contributed by atoms with Crippen LogP contribution in [0.25, 0.3) is 0 Å². The molecule has 3 N–H and O–H groups in total. The first-order valence-electron chi connectivity index (χ1n) is 7.11. The van der Waals surface area contributed by atoms with Crippen molar-refractivity contribution in [2.24, 2.45) is 0 Å². The molecule has 2 aromatic heterocycles. The molecule has 0 saturated carbocycles. The summed E-state index contributed by atoms with van der Waals surface area (Å²) in [6.45, 7) is 4.13. The Morgan fingerprint density at radius 2 is 2.23 bits per heavy atom. The van der Waals surface area contributed by atoms with Gasteiger partial charge in [0.1, 0.15) is 11.0 Å². The van der Waals surface area contributed by atoms with Gasteiger partial charge in [-0.15, -0.1) is 11.3 Å². The van der Waals surface area contributed by atoms with Gasteiger partial charge < -0.3 is 15.8 Å². The number of anilines is 2. The molecule has 0 radical (unpaired) electrons. The zero-order chi connectivity index (χ0) is 15.4. The summed E-state index contributed by atoms with van der Waals surface area (Å²) in [4.78, 5) is 11.8. The fraction of sp³-hybridized carbons (Fsp3) is 0.429. The molecule has 3 heterocycles. The van der Waals surface area contributed by atoms with Crippen LogP contribution in [0.1, 0.15) is 10.9 Å². The number of ether oxygens (including phenoxy) is 1. The largest absolute Gasteiger partial charge is 0.379 e. The molecule has 22 heavy (non-hydrogen) atoms. The highest BCUT2D eigenvalue weighted by Gasteiger charge is 2.23. The van der Waals surface area contributed by atoms with Crippen LogP contribution in [0.5, 0.6) is 0 Å². The lowest BCUT2D eigenvalue weighted by molar-refractivity contribution is 0.0194. The Bertz CT molecular complexity index is 583. The highest BCUT2D eigenvalue weighted by Crippen LogP contribution is 2.26. The fourth-order valence-electron chi connectivity index (χ4n) is 2.51. The average Bonchev–Trinajstić information content (AvgIpc) is 3.02. The van der Waals surface area contributed by atoms with E-state index < -0.39 is 0 Å². The van der Waals surface area contributed by atoms with Gasteiger partial charge in [-0.1, -0.05) is 17.7 Å². The van der Waals surface area contributed by atoms with Gasteiger partial charge in [0.05, 0.1) is 19.3 Å². The number of halogens is 1. The minimum Gasteiger partial charge on any atom is -0.379 e. The van der Waals surface area contributed by atoms with E-state index in [0.717, 1.165) is 32.8 Å². The second-order valence-electron chi connectivity index (χ2n) is 4.99. The zero-order valence-electron chi connectivity index (χ0n) is 12.0. The maximum absolute atomic E-state index is 5.92. The van der Waals surface area contributed by atoms with E-state index in [1.807, 2.05) is 0 Å². The Hall–Kier alpha value is -1.41. The van der Waals surface area contributed by atoms with Crippen molar-refractivity contribution in [2.75, 3.05) is 43.9 Å². The Labute approximate surface area is 138 Å². The van der Waals surface area contributed by atoms with E-state index in [-0.39, 0.29) is 12.0 Å². The summed E-state index contributed by atoms with van der Waals surface area (Å²) in [6.07, 6.45) is 0. The van der Waals surface area contributed by atoms with Crippen LogP contribution in [0, 0.1) is 0 Å². The van der Waals surface area contributed by atoms with E-state index >= 15 is 0 Å². The average molecular weight is 340 g/mol. The predicted molar refractivity (Wildman–Crippen MR) is 89.4 cm³/mol. The maximum atomic E-state index is 5.92. The van der Waals surface area contributed by atoms with Crippen LogP contribution < -0.4 is 11.1 Å². The minimum atomic E-state index is 0.175. The van der Waals surface area contributed by atoms with Gasteiger partial charge >= 0.3 is 0 Å². The molecular weight excluding hydrogens is 322 g/mol. The number of rotatable bonds is 5. The van der Waals surface area contributed by atoms with Crippen molar-refractivity contribution in [3.8, 4) is 0 Å². The molecule has 8 heteroatoms. The molecule has 6 nitrogen and oxygen atoms in total. The fourth-order valence-corrected chi connectivity index (χ4v) is 3.56. The maximum Gasteiger partial charge on any atom is 0.223 e. The van der Waals surface area contributed by atoms with Crippen LogP contribution in [0.15, 0.2) is 23.6 Å². The third-order valence-corrected chi connectivity index (χ3v) is 4.71. The molecule has 0 aliphatic carbocycles. The summed E-state index contributed by atoms with van der Waals surface area (Å²) in [5, 5.41) is 5.76. The molecule has 1 aliphatic heterocycles. The molecule has 118 valence electrons. The predicted octanol–water partition coefficient (Wildman–Crippen LogP) is 2.26. The normalized spacial score (nSPS) is 17.3. The number of hydrogen-bond acceptors (Lipinski definition) is 7. The number of nitrogens with one attached hydrogen (secondary N) is 1. The van der Waals surface area contributed by atoms with Gasteiger partial charge in [0, 0.05) is 30.6 Å². The summed E-state index contributed by atoms with van der Waals surface area (Å²) in [5.74, 6) is 0.821. The van der Waals surface area contributed by atoms with Crippen LogP contribution in [0.3, 0.4) is 0 Å². The van der Waals surface area contributed by atoms with Crippen molar-refractivity contribution in [1.82, 2.24) is 14.9 Å². The van der Waals surface area contributed by atoms with Crippen LogP contribution in [0.4, 0.5) is 11.8 Å². The third-order valence-electron chi connectivity index (χ3n) is 3.55. The Morgan fingerprint density at radius 1 is 1.41 bits per heavy atom. The number of aromatic nitrogens is 2. The molecule has 1 fully saturated rings. The number of nitrogens with zero attached hydrogens (tertiary/aromatic N) is 3.